The van der Waals surface area contributed by atoms with Crippen LogP contribution in [0.25, 0.3) is 0 Å². The minimum absolute atomic E-state index is 0.486. The predicted molar refractivity (Wildman–Crippen MR) is 47.9 cm³/mol. The number of hydrogen-bond donors (Lipinski definition) is 0. The topological polar surface area (TPSA) is 0 Å². The zero-order valence-electron chi connectivity index (χ0n) is 7.04. The highest BCUT2D eigenvalue weighted by Gasteiger charge is 1.88. The largest absolute Gasteiger partial charge is 0.0908 e. The van der Waals surface area contributed by atoms with Gasteiger partial charge in [-0.2, -0.15) is 0 Å². The van der Waals surface area contributed by atoms with Gasteiger partial charge in [-0.25, -0.2) is 0 Å². The summed E-state index contributed by atoms with van der Waals surface area (Å²) in [5.41, 5.74) is 0. The highest BCUT2D eigenvalue weighted by molar-refractivity contribution is 5.08. The van der Waals surface area contributed by atoms with Crippen molar-refractivity contribution in [3.05, 3.63) is 36.5 Å². The van der Waals surface area contributed by atoms with Crippen LogP contribution in [0.1, 0.15) is 20.8 Å². The molecule has 0 fully saturated rings. The second-order valence-electron chi connectivity index (χ2n) is 2.15. The van der Waals surface area contributed by atoms with Crippen LogP contribution in [-0.4, -0.2) is 0 Å². The molecule has 0 atom stereocenters. The second kappa shape index (κ2) is 6.34. The Balaban J connectivity index is 3.97. The third-order valence-corrected chi connectivity index (χ3v) is 1.24. The Labute approximate surface area is 64.0 Å². The maximum atomic E-state index is 2.17. The fourth-order valence-corrected chi connectivity index (χ4v) is 0.859. The van der Waals surface area contributed by atoms with Gasteiger partial charge in [-0.15, -0.1) is 0 Å². The van der Waals surface area contributed by atoms with Crippen LogP contribution < -0.4 is 0 Å². The van der Waals surface area contributed by atoms with Crippen LogP contribution in [0.3, 0.4) is 0 Å². The van der Waals surface area contributed by atoms with Gasteiger partial charge in [0.25, 0.3) is 0 Å². The third kappa shape index (κ3) is 4.13. The molecule has 0 aliphatic rings. The first-order valence-electron chi connectivity index (χ1n) is 3.73. The van der Waals surface area contributed by atoms with Gasteiger partial charge in [0.2, 0.25) is 0 Å². The lowest BCUT2D eigenvalue weighted by Gasteiger charge is -1.96. The first-order valence-corrected chi connectivity index (χ1v) is 3.73. The fraction of sp³-hybridized carbons (Fsp3) is 0.400. The molecule has 56 valence electrons. The maximum absolute atomic E-state index is 2.17. The molecule has 0 N–H and O–H groups in total. The third-order valence-electron chi connectivity index (χ3n) is 1.24. The first-order chi connectivity index (χ1) is 4.85. The van der Waals surface area contributed by atoms with Crippen LogP contribution in [0, 0.1) is 5.92 Å². The van der Waals surface area contributed by atoms with Crippen molar-refractivity contribution in [2.45, 2.75) is 20.8 Å². The molecule has 10 heavy (non-hydrogen) atoms. The van der Waals surface area contributed by atoms with Gasteiger partial charge in [0, 0.05) is 5.92 Å². The Morgan fingerprint density at radius 2 is 1.00 bits per heavy atom. The van der Waals surface area contributed by atoms with E-state index >= 15 is 0 Å². The minimum Gasteiger partial charge on any atom is -0.0908 e. The van der Waals surface area contributed by atoms with Crippen LogP contribution in [0.5, 0.6) is 0 Å². The van der Waals surface area contributed by atoms with Crippen LogP contribution in [0.15, 0.2) is 36.5 Å². The van der Waals surface area contributed by atoms with Crippen molar-refractivity contribution in [3.8, 4) is 0 Å². The zero-order chi connectivity index (χ0) is 7.82. The Morgan fingerprint density at radius 3 is 1.20 bits per heavy atom. The van der Waals surface area contributed by atoms with E-state index in [-0.39, 0.29) is 0 Å². The molecule has 0 aromatic heterocycles. The number of hydrogen-bond acceptors (Lipinski definition) is 0. The summed E-state index contributed by atoms with van der Waals surface area (Å²) >= 11 is 0. The van der Waals surface area contributed by atoms with E-state index < -0.39 is 0 Å². The summed E-state index contributed by atoms with van der Waals surface area (Å²) in [5.74, 6) is 0.486. The van der Waals surface area contributed by atoms with E-state index in [1.165, 1.54) is 0 Å². The summed E-state index contributed by atoms with van der Waals surface area (Å²) in [7, 11) is 0. The van der Waals surface area contributed by atoms with Gasteiger partial charge in [0.1, 0.15) is 0 Å². The molecule has 0 amide bonds. The SMILES string of the molecule is CC=CC(C=CC)C=CC. The predicted octanol–water partition coefficient (Wildman–Crippen LogP) is 3.33. The zero-order valence-corrected chi connectivity index (χ0v) is 7.04. The second-order valence-corrected chi connectivity index (χ2v) is 2.15. The van der Waals surface area contributed by atoms with Crippen molar-refractivity contribution >= 4 is 0 Å². The molecule has 0 heteroatoms. The summed E-state index contributed by atoms with van der Waals surface area (Å²) in [6.07, 6.45) is 12.7. The lowest BCUT2D eigenvalue weighted by atomic mass is 10.1. The molecular weight excluding hydrogens is 120 g/mol. The summed E-state index contributed by atoms with van der Waals surface area (Å²) in [6, 6.07) is 0. The lowest BCUT2D eigenvalue weighted by molar-refractivity contribution is 1.06. The van der Waals surface area contributed by atoms with E-state index in [2.05, 4.69) is 36.5 Å². The molecule has 0 nitrogen and oxygen atoms in total. The van der Waals surface area contributed by atoms with Gasteiger partial charge in [0.15, 0.2) is 0 Å². The van der Waals surface area contributed by atoms with E-state index in [0.717, 1.165) is 0 Å². The molecule has 0 aliphatic heterocycles. The van der Waals surface area contributed by atoms with Gasteiger partial charge >= 0.3 is 0 Å². The molecule has 0 aliphatic carbocycles. The molecule has 0 saturated carbocycles. The van der Waals surface area contributed by atoms with E-state index in [4.69, 9.17) is 0 Å². The quantitative estimate of drug-likeness (QED) is 0.522. The Kier molecular flexibility index (Phi) is 5.85. The summed E-state index contributed by atoms with van der Waals surface area (Å²) < 4.78 is 0. The van der Waals surface area contributed by atoms with Crippen LogP contribution in [0.2, 0.25) is 0 Å². The normalized spacial score (nSPS) is 15.9. The molecular formula is C10H16. The van der Waals surface area contributed by atoms with E-state index in [1.54, 1.807) is 0 Å². The highest BCUT2D eigenvalue weighted by Crippen LogP contribution is 2.02. The van der Waals surface area contributed by atoms with Gasteiger partial charge in [0.05, 0.1) is 0 Å². The molecule has 0 aromatic rings. The molecule has 0 unspecified atom stereocenters. The molecule has 0 aromatic carbocycles. The van der Waals surface area contributed by atoms with Crippen molar-refractivity contribution in [2.24, 2.45) is 5.92 Å². The van der Waals surface area contributed by atoms with Gasteiger partial charge in [-0.3, -0.25) is 0 Å². The summed E-state index contributed by atoms with van der Waals surface area (Å²) in [6.45, 7) is 6.12. The van der Waals surface area contributed by atoms with Crippen molar-refractivity contribution in [1.82, 2.24) is 0 Å². The molecule has 0 bridgehead atoms. The van der Waals surface area contributed by atoms with Crippen LogP contribution in [0.4, 0.5) is 0 Å². The first kappa shape index (κ1) is 9.22. The van der Waals surface area contributed by atoms with E-state index in [0.29, 0.717) is 5.92 Å². The Bertz CT molecular complexity index is 110. The maximum Gasteiger partial charge on any atom is 0.0127 e. The fourth-order valence-electron chi connectivity index (χ4n) is 0.859. The van der Waals surface area contributed by atoms with E-state index in [9.17, 15) is 0 Å². The van der Waals surface area contributed by atoms with Gasteiger partial charge in [-0.1, -0.05) is 36.5 Å². The highest BCUT2D eigenvalue weighted by atomic mass is 13.9. The minimum atomic E-state index is 0.486. The van der Waals surface area contributed by atoms with Crippen molar-refractivity contribution in [1.29, 1.82) is 0 Å². The van der Waals surface area contributed by atoms with Gasteiger partial charge < -0.3 is 0 Å². The molecule has 0 saturated heterocycles. The molecule has 0 rings (SSSR count). The van der Waals surface area contributed by atoms with Crippen LogP contribution >= 0.6 is 0 Å². The molecule has 0 heterocycles. The molecule has 0 radical (unpaired) electrons. The molecule has 0 spiro atoms. The summed E-state index contributed by atoms with van der Waals surface area (Å²) in [5, 5.41) is 0. The van der Waals surface area contributed by atoms with Crippen molar-refractivity contribution in [2.75, 3.05) is 0 Å². The lowest BCUT2D eigenvalue weighted by Crippen LogP contribution is -1.83. The van der Waals surface area contributed by atoms with Crippen molar-refractivity contribution in [3.63, 3.8) is 0 Å². The smallest absolute Gasteiger partial charge is 0.0127 e. The summed E-state index contributed by atoms with van der Waals surface area (Å²) in [4.78, 5) is 0. The monoisotopic (exact) mass is 136 g/mol. The average Bonchev–Trinajstić information content (AvgIpc) is 1.90. The Hall–Kier alpha value is -0.780. The van der Waals surface area contributed by atoms with Crippen molar-refractivity contribution < 1.29 is 0 Å². The average molecular weight is 136 g/mol. The van der Waals surface area contributed by atoms with E-state index in [1.807, 2.05) is 20.8 Å². The van der Waals surface area contributed by atoms with Crippen LogP contribution in [-0.2, 0) is 0 Å². The standard InChI is InChI=1S/C10H16/c1-4-7-10(8-5-2)9-6-3/h4-10H,1-3H3. The number of allylic oxidation sites excluding steroid dienone is 6. The number of rotatable bonds is 3. The Morgan fingerprint density at radius 1 is 0.700 bits per heavy atom. The van der Waals surface area contributed by atoms with Gasteiger partial charge in [-0.05, 0) is 20.8 Å².